The van der Waals surface area contributed by atoms with Gasteiger partial charge in [-0.25, -0.2) is 0 Å². The minimum Gasteiger partial charge on any atom is -0.303 e. The zero-order valence-corrected chi connectivity index (χ0v) is 15.1. The van der Waals surface area contributed by atoms with Crippen molar-refractivity contribution in [1.82, 2.24) is 31.1 Å². The second-order valence-corrected chi connectivity index (χ2v) is 7.13. The van der Waals surface area contributed by atoms with Crippen LogP contribution in [0.25, 0.3) is 0 Å². The van der Waals surface area contributed by atoms with Crippen LogP contribution in [0.4, 0.5) is 0 Å². The van der Waals surface area contributed by atoms with Gasteiger partial charge in [-0.1, -0.05) is 27.7 Å². The van der Waals surface area contributed by atoms with Crippen LogP contribution in [0, 0.1) is 11.8 Å². The molecular weight excluding hydrogens is 276 g/mol. The molecule has 0 radical (unpaired) electrons. The van der Waals surface area contributed by atoms with E-state index in [4.69, 9.17) is 0 Å². The summed E-state index contributed by atoms with van der Waals surface area (Å²) in [5.74, 6) is 1.40. The van der Waals surface area contributed by atoms with Crippen LogP contribution >= 0.6 is 0 Å². The van der Waals surface area contributed by atoms with E-state index in [1.54, 1.807) is 0 Å². The van der Waals surface area contributed by atoms with Crippen molar-refractivity contribution in [1.29, 1.82) is 0 Å². The standard InChI is InChI=1S/C16H38N6/c1-15(2)9-21-11-17-5-7-19-13-22(10-16(3)4)14-20-8-6-18-12-21/h15-20H,5-14H2,1-4H3. The van der Waals surface area contributed by atoms with Crippen molar-refractivity contribution in [2.45, 2.75) is 27.7 Å². The first kappa shape index (κ1) is 19.8. The summed E-state index contributed by atoms with van der Waals surface area (Å²) in [6.45, 7) is 19.2. The SMILES string of the molecule is CC(C)CN1CNCCNCN(CC(C)C)CNCCNC1. The number of rotatable bonds is 4. The van der Waals surface area contributed by atoms with Crippen LogP contribution in [0.15, 0.2) is 0 Å². The quantitative estimate of drug-likeness (QED) is 0.591. The molecule has 6 nitrogen and oxygen atoms in total. The maximum atomic E-state index is 3.54. The maximum absolute atomic E-state index is 3.54. The highest BCUT2D eigenvalue weighted by Crippen LogP contribution is 1.97. The first-order valence-corrected chi connectivity index (χ1v) is 8.85. The van der Waals surface area contributed by atoms with Gasteiger partial charge >= 0.3 is 0 Å². The Morgan fingerprint density at radius 2 is 0.864 bits per heavy atom. The summed E-state index contributed by atoms with van der Waals surface area (Å²) in [5.41, 5.74) is 0. The van der Waals surface area contributed by atoms with Gasteiger partial charge in [-0.2, -0.15) is 0 Å². The lowest BCUT2D eigenvalue weighted by Crippen LogP contribution is -2.48. The molecule has 0 aromatic rings. The molecule has 0 aromatic heterocycles. The predicted octanol–water partition coefficient (Wildman–Crippen LogP) is 0.104. The Bertz CT molecular complexity index is 217. The largest absolute Gasteiger partial charge is 0.303 e. The first-order valence-electron chi connectivity index (χ1n) is 8.85. The van der Waals surface area contributed by atoms with Gasteiger partial charge in [0.2, 0.25) is 0 Å². The molecule has 0 unspecified atom stereocenters. The van der Waals surface area contributed by atoms with Crippen molar-refractivity contribution < 1.29 is 0 Å². The van der Waals surface area contributed by atoms with E-state index >= 15 is 0 Å². The molecule has 0 aromatic carbocycles. The highest BCUT2D eigenvalue weighted by atomic mass is 15.3. The molecule has 1 aliphatic heterocycles. The molecule has 0 amide bonds. The van der Waals surface area contributed by atoms with Crippen LogP contribution in [0.3, 0.4) is 0 Å². The summed E-state index contributed by atoms with van der Waals surface area (Å²) < 4.78 is 0. The normalized spacial score (nSPS) is 22.1. The Morgan fingerprint density at radius 1 is 0.591 bits per heavy atom. The Kier molecular flexibility index (Phi) is 11.0. The van der Waals surface area contributed by atoms with E-state index in [0.717, 1.165) is 65.9 Å². The third-order valence-corrected chi connectivity index (χ3v) is 3.55. The lowest BCUT2D eigenvalue weighted by atomic mass is 10.2. The van der Waals surface area contributed by atoms with Crippen molar-refractivity contribution in [3.8, 4) is 0 Å². The fraction of sp³-hybridized carbons (Fsp3) is 1.00. The summed E-state index contributed by atoms with van der Waals surface area (Å²) in [6, 6.07) is 0. The van der Waals surface area contributed by atoms with Gasteiger partial charge < -0.3 is 21.3 Å². The van der Waals surface area contributed by atoms with E-state index in [-0.39, 0.29) is 0 Å². The fourth-order valence-electron chi connectivity index (χ4n) is 2.71. The van der Waals surface area contributed by atoms with Crippen molar-refractivity contribution in [2.75, 3.05) is 65.9 Å². The molecule has 1 heterocycles. The lowest BCUT2D eigenvalue weighted by molar-refractivity contribution is 0.193. The topological polar surface area (TPSA) is 54.6 Å². The number of nitrogens with zero attached hydrogens (tertiary/aromatic N) is 2. The van der Waals surface area contributed by atoms with Crippen LogP contribution < -0.4 is 21.3 Å². The fourth-order valence-corrected chi connectivity index (χ4v) is 2.71. The van der Waals surface area contributed by atoms with E-state index in [1.165, 1.54) is 0 Å². The zero-order valence-electron chi connectivity index (χ0n) is 15.1. The molecule has 1 rings (SSSR count). The van der Waals surface area contributed by atoms with Crippen molar-refractivity contribution in [3.63, 3.8) is 0 Å². The van der Waals surface area contributed by atoms with Crippen LogP contribution in [-0.2, 0) is 0 Å². The Hall–Kier alpha value is -0.240. The van der Waals surface area contributed by atoms with Crippen LogP contribution in [0.5, 0.6) is 0 Å². The zero-order chi connectivity index (χ0) is 16.2. The molecule has 1 saturated heterocycles. The smallest absolute Gasteiger partial charge is 0.0493 e. The van der Waals surface area contributed by atoms with Crippen LogP contribution in [-0.4, -0.2) is 75.7 Å². The van der Waals surface area contributed by atoms with Crippen LogP contribution in [0.2, 0.25) is 0 Å². The highest BCUT2D eigenvalue weighted by Gasteiger charge is 2.09. The predicted molar refractivity (Wildman–Crippen MR) is 94.6 cm³/mol. The molecule has 0 atom stereocenters. The average Bonchev–Trinajstić information content (AvgIpc) is 2.43. The summed E-state index contributed by atoms with van der Waals surface area (Å²) in [5, 5.41) is 14.2. The van der Waals surface area contributed by atoms with Gasteiger partial charge in [-0.15, -0.1) is 0 Å². The minimum atomic E-state index is 0.698. The molecule has 132 valence electrons. The van der Waals surface area contributed by atoms with Crippen molar-refractivity contribution in [2.24, 2.45) is 11.8 Å². The van der Waals surface area contributed by atoms with Gasteiger partial charge in [0.15, 0.2) is 0 Å². The maximum Gasteiger partial charge on any atom is 0.0493 e. The molecule has 22 heavy (non-hydrogen) atoms. The molecule has 0 bridgehead atoms. The van der Waals surface area contributed by atoms with E-state index in [2.05, 4.69) is 58.8 Å². The molecule has 4 N–H and O–H groups in total. The van der Waals surface area contributed by atoms with Gasteiger partial charge in [0.05, 0.1) is 0 Å². The third-order valence-electron chi connectivity index (χ3n) is 3.55. The third kappa shape index (κ3) is 10.5. The van der Waals surface area contributed by atoms with Crippen LogP contribution in [0.1, 0.15) is 27.7 Å². The molecule has 0 aliphatic carbocycles. The van der Waals surface area contributed by atoms with Crippen molar-refractivity contribution >= 4 is 0 Å². The van der Waals surface area contributed by atoms with Gasteiger partial charge in [0.25, 0.3) is 0 Å². The van der Waals surface area contributed by atoms with Gasteiger partial charge in [0.1, 0.15) is 0 Å². The number of hydrogen-bond acceptors (Lipinski definition) is 6. The second kappa shape index (κ2) is 12.2. The van der Waals surface area contributed by atoms with E-state index in [1.807, 2.05) is 0 Å². The Morgan fingerprint density at radius 3 is 1.09 bits per heavy atom. The van der Waals surface area contributed by atoms with E-state index in [9.17, 15) is 0 Å². The molecule has 1 fully saturated rings. The first-order chi connectivity index (χ1) is 10.6. The Balaban J connectivity index is 2.35. The molecular formula is C16H38N6. The monoisotopic (exact) mass is 314 g/mol. The van der Waals surface area contributed by atoms with E-state index in [0.29, 0.717) is 11.8 Å². The van der Waals surface area contributed by atoms with Crippen molar-refractivity contribution in [3.05, 3.63) is 0 Å². The molecule has 0 spiro atoms. The number of nitrogens with one attached hydrogen (secondary N) is 4. The highest BCUT2D eigenvalue weighted by molar-refractivity contribution is 4.64. The molecule has 0 saturated carbocycles. The molecule has 6 heteroatoms. The average molecular weight is 315 g/mol. The van der Waals surface area contributed by atoms with Gasteiger partial charge in [-0.3, -0.25) is 9.80 Å². The summed E-state index contributed by atoms with van der Waals surface area (Å²) in [7, 11) is 0. The summed E-state index contributed by atoms with van der Waals surface area (Å²) in [6.07, 6.45) is 0. The second-order valence-electron chi connectivity index (χ2n) is 7.13. The Labute approximate surface area is 137 Å². The van der Waals surface area contributed by atoms with Gasteiger partial charge in [0, 0.05) is 65.9 Å². The van der Waals surface area contributed by atoms with Gasteiger partial charge in [-0.05, 0) is 11.8 Å². The van der Waals surface area contributed by atoms with E-state index < -0.39 is 0 Å². The summed E-state index contributed by atoms with van der Waals surface area (Å²) in [4.78, 5) is 4.89. The number of hydrogen-bond donors (Lipinski definition) is 4. The summed E-state index contributed by atoms with van der Waals surface area (Å²) >= 11 is 0. The lowest BCUT2D eigenvalue weighted by Gasteiger charge is -2.27. The molecule has 1 aliphatic rings. The minimum absolute atomic E-state index is 0.698.